The molecule has 3 nitrogen and oxygen atoms in total. The molecule has 0 spiro atoms. The van der Waals surface area contributed by atoms with Crippen molar-refractivity contribution in [3.63, 3.8) is 0 Å². The van der Waals surface area contributed by atoms with Crippen LogP contribution in [0.4, 0.5) is 0 Å². The third-order valence-electron chi connectivity index (χ3n) is 3.20. The Labute approximate surface area is 131 Å². The van der Waals surface area contributed by atoms with Gasteiger partial charge in [-0.25, -0.2) is 0 Å². The molecule has 0 aromatic heterocycles. The molecule has 3 N–H and O–H groups in total. The number of aliphatic hydroxyl groups is 1. The molecular formula is C13H21Cl3N2O. The van der Waals surface area contributed by atoms with E-state index in [9.17, 15) is 5.11 Å². The molecule has 0 amide bonds. The van der Waals surface area contributed by atoms with Crippen LogP contribution in [0.3, 0.4) is 0 Å². The summed E-state index contributed by atoms with van der Waals surface area (Å²) in [6, 6.07) is 7.88. The van der Waals surface area contributed by atoms with Crippen molar-refractivity contribution in [2.24, 2.45) is 0 Å². The quantitative estimate of drug-likeness (QED) is 0.725. The van der Waals surface area contributed by atoms with Gasteiger partial charge in [-0.15, -0.1) is 24.8 Å². The molecule has 1 unspecified atom stereocenters. The van der Waals surface area contributed by atoms with Crippen LogP contribution < -0.4 is 10.6 Å². The number of rotatable bonds is 5. The van der Waals surface area contributed by atoms with E-state index in [4.69, 9.17) is 11.6 Å². The molecule has 1 heterocycles. The van der Waals surface area contributed by atoms with E-state index in [1.54, 1.807) is 0 Å². The second-order valence-corrected chi connectivity index (χ2v) is 5.08. The largest absolute Gasteiger partial charge is 0.387 e. The van der Waals surface area contributed by atoms with Gasteiger partial charge in [-0.2, -0.15) is 0 Å². The number of β-amino-alcohol motifs (C(OH)–C–C–N with tert-alkyl or cyclic N) is 1. The predicted molar refractivity (Wildman–Crippen MR) is 85.0 cm³/mol. The van der Waals surface area contributed by atoms with Crippen LogP contribution >= 0.6 is 36.4 Å². The first-order valence-corrected chi connectivity index (χ1v) is 6.45. The summed E-state index contributed by atoms with van der Waals surface area (Å²) in [5, 5.41) is 17.4. The van der Waals surface area contributed by atoms with E-state index in [0.29, 0.717) is 13.1 Å². The highest BCUT2D eigenvalue weighted by Crippen LogP contribution is 2.15. The molecule has 1 aromatic carbocycles. The van der Waals surface area contributed by atoms with Gasteiger partial charge < -0.3 is 15.7 Å². The fourth-order valence-electron chi connectivity index (χ4n) is 2.13. The lowest BCUT2D eigenvalue weighted by Crippen LogP contribution is -2.42. The lowest BCUT2D eigenvalue weighted by atomic mass is 10.0. The normalized spacial score (nSPS) is 21.6. The maximum absolute atomic E-state index is 10.1. The molecule has 0 saturated carbocycles. The van der Waals surface area contributed by atoms with Crippen LogP contribution in [-0.4, -0.2) is 36.9 Å². The van der Waals surface area contributed by atoms with E-state index in [2.05, 4.69) is 10.6 Å². The Balaban J connectivity index is 0.00000162. The summed E-state index contributed by atoms with van der Waals surface area (Å²) in [5.74, 6) is 0. The first-order chi connectivity index (χ1) is 8.20. The second kappa shape index (κ2) is 9.01. The lowest BCUT2D eigenvalue weighted by Gasteiger charge is -2.21. The third kappa shape index (κ3) is 5.86. The fourth-order valence-corrected chi connectivity index (χ4v) is 2.36. The standard InChI is InChI=1S/C13H19ClN2O.2ClH/c14-12-4-2-1-3-11(12)5-7-15-9-13(17)6-8-16-10-13;;/h1-4,15-17H,5-10H2;2*1H. The van der Waals surface area contributed by atoms with Crippen LogP contribution in [0.1, 0.15) is 12.0 Å². The molecule has 0 bridgehead atoms. The summed E-state index contributed by atoms with van der Waals surface area (Å²) in [6.07, 6.45) is 1.72. The summed E-state index contributed by atoms with van der Waals surface area (Å²) >= 11 is 6.07. The van der Waals surface area contributed by atoms with Crippen LogP contribution in [0, 0.1) is 0 Å². The van der Waals surface area contributed by atoms with Gasteiger partial charge in [-0.3, -0.25) is 0 Å². The molecule has 19 heavy (non-hydrogen) atoms. The maximum atomic E-state index is 10.1. The van der Waals surface area contributed by atoms with Crippen molar-refractivity contribution in [3.05, 3.63) is 34.9 Å². The predicted octanol–water partition coefficient (Wildman–Crippen LogP) is 2.04. The first-order valence-electron chi connectivity index (χ1n) is 6.07. The van der Waals surface area contributed by atoms with Gasteiger partial charge in [0.05, 0.1) is 5.60 Å². The molecule has 1 aromatic rings. The van der Waals surface area contributed by atoms with E-state index in [-0.39, 0.29) is 24.8 Å². The Bertz CT molecular complexity index is 371. The fraction of sp³-hybridized carbons (Fsp3) is 0.538. The monoisotopic (exact) mass is 326 g/mol. The minimum Gasteiger partial charge on any atom is -0.387 e. The summed E-state index contributed by atoms with van der Waals surface area (Å²) in [6.45, 7) is 3.07. The molecule has 1 saturated heterocycles. The zero-order valence-corrected chi connectivity index (χ0v) is 13.1. The second-order valence-electron chi connectivity index (χ2n) is 4.67. The highest BCUT2D eigenvalue weighted by molar-refractivity contribution is 6.31. The minimum atomic E-state index is -0.569. The number of hydrogen-bond acceptors (Lipinski definition) is 3. The van der Waals surface area contributed by atoms with Crippen molar-refractivity contribution in [3.8, 4) is 0 Å². The van der Waals surface area contributed by atoms with Crippen molar-refractivity contribution in [2.75, 3.05) is 26.2 Å². The average Bonchev–Trinajstić information content (AvgIpc) is 2.74. The maximum Gasteiger partial charge on any atom is 0.0907 e. The van der Waals surface area contributed by atoms with Crippen molar-refractivity contribution >= 4 is 36.4 Å². The Hall–Kier alpha value is -0.0300. The summed E-state index contributed by atoms with van der Waals surface area (Å²) in [7, 11) is 0. The highest BCUT2D eigenvalue weighted by atomic mass is 35.5. The summed E-state index contributed by atoms with van der Waals surface area (Å²) in [4.78, 5) is 0. The molecule has 0 aliphatic carbocycles. The van der Waals surface area contributed by atoms with Gasteiger partial charge in [0, 0.05) is 18.1 Å². The van der Waals surface area contributed by atoms with Crippen molar-refractivity contribution in [2.45, 2.75) is 18.4 Å². The molecule has 6 heteroatoms. The molecule has 110 valence electrons. The number of halogens is 3. The highest BCUT2D eigenvalue weighted by Gasteiger charge is 2.30. The minimum absolute atomic E-state index is 0. The zero-order chi connectivity index (χ0) is 12.1. The van der Waals surface area contributed by atoms with Crippen LogP contribution in [0.5, 0.6) is 0 Å². The SMILES string of the molecule is Cl.Cl.OC1(CNCCc2ccccc2Cl)CCNC1. The number of hydrogen-bond donors (Lipinski definition) is 3. The van der Waals surface area contributed by atoms with Crippen molar-refractivity contribution < 1.29 is 5.11 Å². The topological polar surface area (TPSA) is 44.3 Å². The Morgan fingerprint density at radius 3 is 2.68 bits per heavy atom. The van der Waals surface area contributed by atoms with Gasteiger partial charge >= 0.3 is 0 Å². The molecule has 1 fully saturated rings. The van der Waals surface area contributed by atoms with Crippen LogP contribution in [-0.2, 0) is 6.42 Å². The van der Waals surface area contributed by atoms with E-state index in [1.807, 2.05) is 24.3 Å². The Morgan fingerprint density at radius 1 is 1.32 bits per heavy atom. The molecule has 1 aliphatic rings. The first kappa shape index (κ1) is 19.0. The molecular weight excluding hydrogens is 307 g/mol. The van der Waals surface area contributed by atoms with Gasteiger partial charge in [0.15, 0.2) is 0 Å². The van der Waals surface area contributed by atoms with Crippen molar-refractivity contribution in [1.29, 1.82) is 0 Å². The van der Waals surface area contributed by atoms with Gasteiger partial charge in [0.2, 0.25) is 0 Å². The molecule has 1 atom stereocenters. The van der Waals surface area contributed by atoms with Crippen LogP contribution in [0.25, 0.3) is 0 Å². The van der Waals surface area contributed by atoms with Crippen LogP contribution in [0.15, 0.2) is 24.3 Å². The lowest BCUT2D eigenvalue weighted by molar-refractivity contribution is 0.0615. The molecule has 0 radical (unpaired) electrons. The van der Waals surface area contributed by atoms with E-state index >= 15 is 0 Å². The number of nitrogens with one attached hydrogen (secondary N) is 2. The third-order valence-corrected chi connectivity index (χ3v) is 3.57. The Morgan fingerprint density at radius 2 is 2.05 bits per heavy atom. The zero-order valence-electron chi connectivity index (χ0n) is 10.7. The van der Waals surface area contributed by atoms with Crippen molar-refractivity contribution in [1.82, 2.24) is 10.6 Å². The van der Waals surface area contributed by atoms with E-state index in [1.165, 1.54) is 0 Å². The smallest absolute Gasteiger partial charge is 0.0907 e. The number of benzene rings is 1. The summed E-state index contributed by atoms with van der Waals surface area (Å²) in [5.41, 5.74) is 0.582. The molecule has 2 rings (SSSR count). The van der Waals surface area contributed by atoms with E-state index < -0.39 is 5.60 Å². The Kier molecular flexibility index (Phi) is 8.99. The molecule has 1 aliphatic heterocycles. The van der Waals surface area contributed by atoms with Gasteiger partial charge in [-0.05, 0) is 37.6 Å². The van der Waals surface area contributed by atoms with Gasteiger partial charge in [0.25, 0.3) is 0 Å². The summed E-state index contributed by atoms with van der Waals surface area (Å²) < 4.78 is 0. The average molecular weight is 328 g/mol. The van der Waals surface area contributed by atoms with Gasteiger partial charge in [0.1, 0.15) is 0 Å². The van der Waals surface area contributed by atoms with Crippen LogP contribution in [0.2, 0.25) is 5.02 Å². The van der Waals surface area contributed by atoms with Gasteiger partial charge in [-0.1, -0.05) is 29.8 Å². The van der Waals surface area contributed by atoms with E-state index in [0.717, 1.165) is 36.5 Å².